The summed E-state index contributed by atoms with van der Waals surface area (Å²) in [6, 6.07) is 7.29. The molecule has 0 bridgehead atoms. The van der Waals surface area contributed by atoms with Crippen molar-refractivity contribution in [3.8, 4) is 22.2 Å². The Labute approximate surface area is 130 Å². The van der Waals surface area contributed by atoms with E-state index in [0.717, 1.165) is 29.0 Å². The van der Waals surface area contributed by atoms with Crippen LogP contribution in [-0.4, -0.2) is 15.1 Å². The average Bonchev–Trinajstić information content (AvgIpc) is 3.07. The molecular formula is C14H13ClN4OS. The van der Waals surface area contributed by atoms with Gasteiger partial charge in [0.25, 0.3) is 5.89 Å². The lowest BCUT2D eigenvalue weighted by molar-refractivity contribution is 0.432. The molecule has 0 aliphatic carbocycles. The number of anilines is 1. The lowest BCUT2D eigenvalue weighted by Crippen LogP contribution is -1.88. The lowest BCUT2D eigenvalue weighted by atomic mass is 10.2. The zero-order valence-electron chi connectivity index (χ0n) is 11.3. The van der Waals surface area contributed by atoms with E-state index in [1.807, 2.05) is 12.1 Å². The van der Waals surface area contributed by atoms with Crippen molar-refractivity contribution < 1.29 is 4.52 Å². The first kappa shape index (κ1) is 14.0. The summed E-state index contributed by atoms with van der Waals surface area (Å²) in [6.07, 6.45) is 1.82. The fourth-order valence-corrected chi connectivity index (χ4v) is 2.90. The van der Waals surface area contributed by atoms with E-state index in [-0.39, 0.29) is 0 Å². The van der Waals surface area contributed by atoms with Crippen molar-refractivity contribution in [2.45, 2.75) is 19.8 Å². The van der Waals surface area contributed by atoms with Gasteiger partial charge in [0.1, 0.15) is 4.88 Å². The summed E-state index contributed by atoms with van der Waals surface area (Å²) in [4.78, 5) is 9.60. The van der Waals surface area contributed by atoms with E-state index in [1.54, 1.807) is 12.1 Å². The number of aromatic nitrogens is 3. The summed E-state index contributed by atoms with van der Waals surface area (Å²) in [5.41, 5.74) is 7.54. The molecule has 3 aromatic rings. The van der Waals surface area contributed by atoms with Gasteiger partial charge in [-0.15, -0.1) is 0 Å². The molecule has 108 valence electrons. The van der Waals surface area contributed by atoms with E-state index in [1.165, 1.54) is 11.3 Å². The normalized spacial score (nSPS) is 11.0. The molecule has 1 aromatic carbocycles. The summed E-state index contributed by atoms with van der Waals surface area (Å²) >= 11 is 7.24. The largest absolute Gasteiger partial charge is 0.375 e. The maximum Gasteiger partial charge on any atom is 0.270 e. The second-order valence-electron chi connectivity index (χ2n) is 4.51. The quantitative estimate of drug-likeness (QED) is 0.784. The van der Waals surface area contributed by atoms with Gasteiger partial charge in [-0.3, -0.25) is 0 Å². The number of thiazole rings is 1. The number of rotatable bonds is 4. The molecule has 5 nitrogen and oxygen atoms in total. The number of nitrogen functional groups attached to an aromatic ring is 1. The molecule has 0 fully saturated rings. The second kappa shape index (κ2) is 5.83. The van der Waals surface area contributed by atoms with Gasteiger partial charge >= 0.3 is 0 Å². The van der Waals surface area contributed by atoms with Gasteiger partial charge in [0.15, 0.2) is 5.13 Å². The summed E-state index contributed by atoms with van der Waals surface area (Å²) in [6.45, 7) is 2.09. The van der Waals surface area contributed by atoms with E-state index in [4.69, 9.17) is 21.9 Å². The molecule has 0 unspecified atom stereocenters. The van der Waals surface area contributed by atoms with Crippen LogP contribution in [-0.2, 0) is 6.42 Å². The minimum Gasteiger partial charge on any atom is -0.375 e. The predicted molar refractivity (Wildman–Crippen MR) is 84.3 cm³/mol. The minimum absolute atomic E-state index is 0.456. The van der Waals surface area contributed by atoms with Gasteiger partial charge in [0.05, 0.1) is 5.69 Å². The van der Waals surface area contributed by atoms with Gasteiger partial charge < -0.3 is 10.3 Å². The molecule has 0 saturated heterocycles. The molecule has 0 radical (unpaired) electrons. The van der Waals surface area contributed by atoms with Gasteiger partial charge in [-0.2, -0.15) is 4.98 Å². The van der Waals surface area contributed by atoms with Crippen LogP contribution >= 0.6 is 22.9 Å². The SMILES string of the molecule is CCCc1nc(N)sc1-c1nc(-c2ccc(Cl)cc2)no1. The number of hydrogen-bond acceptors (Lipinski definition) is 6. The van der Waals surface area contributed by atoms with Crippen LogP contribution in [0, 0.1) is 0 Å². The summed E-state index contributed by atoms with van der Waals surface area (Å²) in [7, 11) is 0. The maximum atomic E-state index is 5.87. The number of aryl methyl sites for hydroxylation is 1. The van der Waals surface area contributed by atoms with Crippen LogP contribution in [0.2, 0.25) is 5.02 Å². The molecule has 0 atom stereocenters. The monoisotopic (exact) mass is 320 g/mol. The molecule has 0 spiro atoms. The van der Waals surface area contributed by atoms with Gasteiger partial charge in [-0.1, -0.05) is 41.4 Å². The number of benzene rings is 1. The van der Waals surface area contributed by atoms with E-state index in [2.05, 4.69) is 22.0 Å². The molecule has 2 heterocycles. The van der Waals surface area contributed by atoms with E-state index in [9.17, 15) is 0 Å². The number of nitrogens with zero attached hydrogens (tertiary/aromatic N) is 3. The van der Waals surface area contributed by atoms with E-state index in [0.29, 0.717) is 21.9 Å². The van der Waals surface area contributed by atoms with Gasteiger partial charge in [-0.05, 0) is 30.7 Å². The molecule has 0 amide bonds. The van der Waals surface area contributed by atoms with Crippen molar-refractivity contribution in [3.63, 3.8) is 0 Å². The topological polar surface area (TPSA) is 77.8 Å². The third kappa shape index (κ3) is 2.91. The Bertz CT molecular complexity index is 751. The minimum atomic E-state index is 0.456. The fraction of sp³-hybridized carbons (Fsp3) is 0.214. The van der Waals surface area contributed by atoms with Crippen LogP contribution in [0.1, 0.15) is 19.0 Å². The summed E-state index contributed by atoms with van der Waals surface area (Å²) in [5, 5.41) is 5.19. The van der Waals surface area contributed by atoms with Crippen LogP contribution < -0.4 is 5.73 Å². The first-order valence-corrected chi connectivity index (χ1v) is 7.72. The third-order valence-corrected chi connectivity index (χ3v) is 4.09. The van der Waals surface area contributed by atoms with Crippen molar-refractivity contribution in [2.24, 2.45) is 0 Å². The zero-order valence-corrected chi connectivity index (χ0v) is 12.9. The van der Waals surface area contributed by atoms with Crippen molar-refractivity contribution >= 4 is 28.1 Å². The molecule has 3 rings (SSSR count). The zero-order chi connectivity index (χ0) is 14.8. The summed E-state index contributed by atoms with van der Waals surface area (Å²) in [5.74, 6) is 0.980. The Morgan fingerprint density at radius 2 is 2.00 bits per heavy atom. The molecule has 0 saturated carbocycles. The van der Waals surface area contributed by atoms with Crippen molar-refractivity contribution in [2.75, 3.05) is 5.73 Å². The molecule has 7 heteroatoms. The number of hydrogen-bond donors (Lipinski definition) is 1. The van der Waals surface area contributed by atoms with Crippen molar-refractivity contribution in [1.82, 2.24) is 15.1 Å². The van der Waals surface area contributed by atoms with Gasteiger partial charge in [0.2, 0.25) is 5.82 Å². The second-order valence-corrected chi connectivity index (χ2v) is 5.98. The van der Waals surface area contributed by atoms with Gasteiger partial charge in [0, 0.05) is 10.6 Å². The van der Waals surface area contributed by atoms with Crippen molar-refractivity contribution in [3.05, 3.63) is 35.0 Å². The lowest BCUT2D eigenvalue weighted by Gasteiger charge is -1.94. The van der Waals surface area contributed by atoms with E-state index < -0.39 is 0 Å². The van der Waals surface area contributed by atoms with Crippen LogP contribution in [0.4, 0.5) is 5.13 Å². The Hall–Kier alpha value is -1.92. The summed E-state index contributed by atoms with van der Waals surface area (Å²) < 4.78 is 5.36. The van der Waals surface area contributed by atoms with E-state index >= 15 is 0 Å². The molecule has 0 aliphatic heterocycles. The highest BCUT2D eigenvalue weighted by Gasteiger charge is 2.18. The Morgan fingerprint density at radius 1 is 1.24 bits per heavy atom. The maximum absolute atomic E-state index is 5.87. The molecule has 2 aromatic heterocycles. The molecule has 2 N–H and O–H groups in total. The van der Waals surface area contributed by atoms with Crippen LogP contribution in [0.25, 0.3) is 22.2 Å². The third-order valence-electron chi connectivity index (χ3n) is 2.92. The molecular weight excluding hydrogens is 308 g/mol. The first-order valence-electron chi connectivity index (χ1n) is 6.52. The van der Waals surface area contributed by atoms with Crippen LogP contribution in [0.3, 0.4) is 0 Å². The molecule has 0 aliphatic rings. The fourth-order valence-electron chi connectivity index (χ4n) is 1.98. The smallest absolute Gasteiger partial charge is 0.270 e. The Morgan fingerprint density at radius 3 is 2.71 bits per heavy atom. The van der Waals surface area contributed by atoms with Crippen molar-refractivity contribution in [1.29, 1.82) is 0 Å². The van der Waals surface area contributed by atoms with Crippen LogP contribution in [0.5, 0.6) is 0 Å². The molecule has 21 heavy (non-hydrogen) atoms. The highest BCUT2D eigenvalue weighted by Crippen LogP contribution is 2.32. The Kier molecular flexibility index (Phi) is 3.90. The number of halogens is 1. The predicted octanol–water partition coefficient (Wildman–Crippen LogP) is 4.05. The Balaban J connectivity index is 1.96. The van der Waals surface area contributed by atoms with Crippen LogP contribution in [0.15, 0.2) is 28.8 Å². The highest BCUT2D eigenvalue weighted by atomic mass is 35.5. The van der Waals surface area contributed by atoms with Gasteiger partial charge in [-0.25, -0.2) is 4.98 Å². The average molecular weight is 321 g/mol. The standard InChI is InChI=1S/C14H13ClN4OS/c1-2-3-10-11(21-14(16)17-10)13-18-12(19-20-13)8-4-6-9(15)7-5-8/h4-7H,2-3H2,1H3,(H2,16,17). The first-order chi connectivity index (χ1) is 10.2. The number of nitrogens with two attached hydrogens (primary N) is 1. The highest BCUT2D eigenvalue weighted by molar-refractivity contribution is 7.18.